The van der Waals surface area contributed by atoms with E-state index in [4.69, 9.17) is 4.74 Å². The lowest BCUT2D eigenvalue weighted by molar-refractivity contribution is -0.154. The molecule has 0 unspecified atom stereocenters. The number of hydrogen-bond acceptors (Lipinski definition) is 5. The van der Waals surface area contributed by atoms with Crippen LogP contribution in [-0.4, -0.2) is 79.5 Å². The average molecular weight is 403 g/mol. The van der Waals surface area contributed by atoms with E-state index in [1.807, 2.05) is 4.90 Å². The molecule has 28 heavy (non-hydrogen) atoms. The third kappa shape index (κ3) is 6.78. The van der Waals surface area contributed by atoms with Crippen LogP contribution in [0.3, 0.4) is 0 Å². The molecule has 0 aromatic carbocycles. The summed E-state index contributed by atoms with van der Waals surface area (Å²) in [6.07, 6.45) is -3.35. The molecule has 156 valence electrons. The fraction of sp³-hybridized carbons (Fsp3) is 0.588. The molecule has 0 spiro atoms. The number of guanidine groups is 1. The van der Waals surface area contributed by atoms with Crippen LogP contribution in [0.15, 0.2) is 23.3 Å². The van der Waals surface area contributed by atoms with E-state index in [0.29, 0.717) is 50.9 Å². The molecular formula is C17H24F3N5O3. The van der Waals surface area contributed by atoms with Crippen molar-refractivity contribution < 1.29 is 27.4 Å². The molecule has 0 saturated carbocycles. The highest BCUT2D eigenvalue weighted by molar-refractivity contribution is 5.80. The maximum absolute atomic E-state index is 12.2. The minimum absolute atomic E-state index is 0.0883. The van der Waals surface area contributed by atoms with Crippen LogP contribution < -0.4 is 10.1 Å². The second kappa shape index (κ2) is 10.00. The summed E-state index contributed by atoms with van der Waals surface area (Å²) in [5, 5.41) is 3.16. The molecule has 11 heteroatoms. The number of piperazine rings is 1. The number of rotatable bonds is 5. The summed E-state index contributed by atoms with van der Waals surface area (Å²) < 4.78 is 46.4. The Labute approximate surface area is 161 Å². The maximum atomic E-state index is 12.2. The number of amides is 1. The van der Waals surface area contributed by atoms with Crippen LogP contribution in [0, 0.1) is 0 Å². The summed E-state index contributed by atoms with van der Waals surface area (Å²) in [4.78, 5) is 23.4. The topological polar surface area (TPSA) is 79.3 Å². The van der Waals surface area contributed by atoms with E-state index in [1.54, 1.807) is 24.9 Å². The highest BCUT2D eigenvalue weighted by Gasteiger charge is 2.28. The molecule has 1 saturated heterocycles. The molecule has 2 heterocycles. The van der Waals surface area contributed by atoms with Gasteiger partial charge in [0.1, 0.15) is 0 Å². The Bertz CT molecular complexity index is 676. The fourth-order valence-electron chi connectivity index (χ4n) is 2.62. The summed E-state index contributed by atoms with van der Waals surface area (Å²) in [6.45, 7) is 3.28. The Hall–Kier alpha value is -2.72. The number of alkyl halides is 3. The van der Waals surface area contributed by atoms with Crippen molar-refractivity contribution in [3.8, 4) is 5.88 Å². The largest absolute Gasteiger partial charge is 0.468 e. The molecule has 1 aromatic rings. The lowest BCUT2D eigenvalue weighted by atomic mass is 10.2. The van der Waals surface area contributed by atoms with Crippen molar-refractivity contribution in [1.29, 1.82) is 0 Å². The molecule has 0 bridgehead atoms. The van der Waals surface area contributed by atoms with Crippen molar-refractivity contribution in [2.24, 2.45) is 4.99 Å². The van der Waals surface area contributed by atoms with Crippen molar-refractivity contribution in [2.75, 3.05) is 46.4 Å². The van der Waals surface area contributed by atoms with Gasteiger partial charge in [-0.2, -0.15) is 13.2 Å². The number of carbonyl (C=O) groups is 1. The number of aliphatic imine (C=N–C) groups is 1. The molecule has 1 N–H and O–H groups in total. The van der Waals surface area contributed by atoms with Gasteiger partial charge in [-0.05, 0) is 18.6 Å². The van der Waals surface area contributed by atoms with E-state index in [-0.39, 0.29) is 12.0 Å². The highest BCUT2D eigenvalue weighted by atomic mass is 19.4. The van der Waals surface area contributed by atoms with Crippen molar-refractivity contribution in [1.82, 2.24) is 20.1 Å². The third-order valence-electron chi connectivity index (χ3n) is 3.95. The number of ether oxygens (including phenoxy) is 2. The van der Waals surface area contributed by atoms with Gasteiger partial charge in [-0.25, -0.2) is 9.78 Å². The first-order chi connectivity index (χ1) is 13.3. The summed E-state index contributed by atoms with van der Waals surface area (Å²) in [7, 11) is 1.64. The van der Waals surface area contributed by atoms with Crippen LogP contribution >= 0.6 is 0 Å². The van der Waals surface area contributed by atoms with Crippen LogP contribution in [0.4, 0.5) is 18.0 Å². The third-order valence-corrected chi connectivity index (χ3v) is 3.95. The van der Waals surface area contributed by atoms with Crippen molar-refractivity contribution in [3.05, 3.63) is 23.9 Å². The second-order valence-electron chi connectivity index (χ2n) is 5.98. The average Bonchev–Trinajstić information content (AvgIpc) is 2.67. The van der Waals surface area contributed by atoms with Crippen LogP contribution in [0.25, 0.3) is 0 Å². The quantitative estimate of drug-likeness (QED) is 0.597. The first-order valence-corrected chi connectivity index (χ1v) is 8.84. The van der Waals surface area contributed by atoms with Gasteiger partial charge in [0.05, 0.1) is 6.61 Å². The molecule has 1 aliphatic heterocycles. The van der Waals surface area contributed by atoms with Gasteiger partial charge in [-0.3, -0.25) is 4.99 Å². The van der Waals surface area contributed by atoms with Crippen molar-refractivity contribution in [3.63, 3.8) is 0 Å². The Morgan fingerprint density at radius 3 is 2.57 bits per heavy atom. The summed E-state index contributed by atoms with van der Waals surface area (Å²) in [5.74, 6) is 0.549. The van der Waals surface area contributed by atoms with Gasteiger partial charge in [0.15, 0.2) is 12.6 Å². The van der Waals surface area contributed by atoms with E-state index in [0.717, 1.165) is 0 Å². The van der Waals surface area contributed by atoms with E-state index >= 15 is 0 Å². The van der Waals surface area contributed by atoms with Crippen LogP contribution in [-0.2, 0) is 11.3 Å². The van der Waals surface area contributed by atoms with E-state index in [9.17, 15) is 18.0 Å². The monoisotopic (exact) mass is 403 g/mol. The van der Waals surface area contributed by atoms with E-state index in [1.165, 1.54) is 12.3 Å². The van der Waals surface area contributed by atoms with Gasteiger partial charge in [-0.1, -0.05) is 0 Å². The fourth-order valence-corrected chi connectivity index (χ4v) is 2.62. The van der Waals surface area contributed by atoms with Gasteiger partial charge in [0.2, 0.25) is 5.88 Å². The number of halogens is 3. The zero-order valence-electron chi connectivity index (χ0n) is 15.8. The zero-order valence-corrected chi connectivity index (χ0v) is 15.8. The predicted octanol–water partition coefficient (Wildman–Crippen LogP) is 1.87. The Balaban J connectivity index is 1.85. The van der Waals surface area contributed by atoms with E-state index in [2.05, 4.69) is 20.0 Å². The summed E-state index contributed by atoms with van der Waals surface area (Å²) in [6, 6.07) is 3.13. The zero-order chi connectivity index (χ0) is 20.6. The van der Waals surface area contributed by atoms with Crippen LogP contribution in [0.2, 0.25) is 0 Å². The smallest absolute Gasteiger partial charge is 0.422 e. The second-order valence-corrected chi connectivity index (χ2v) is 5.98. The Morgan fingerprint density at radius 2 is 1.96 bits per heavy atom. The molecule has 1 aromatic heterocycles. The molecule has 2 rings (SSSR count). The Morgan fingerprint density at radius 1 is 1.29 bits per heavy atom. The van der Waals surface area contributed by atoms with Gasteiger partial charge < -0.3 is 24.6 Å². The number of pyridine rings is 1. The van der Waals surface area contributed by atoms with Gasteiger partial charge in [0.25, 0.3) is 0 Å². The normalized spacial score (nSPS) is 15.4. The molecule has 1 fully saturated rings. The molecular weight excluding hydrogens is 379 g/mol. The minimum atomic E-state index is -4.41. The number of hydrogen-bond donors (Lipinski definition) is 1. The molecule has 8 nitrogen and oxygen atoms in total. The molecule has 1 amide bonds. The van der Waals surface area contributed by atoms with Crippen LogP contribution in [0.5, 0.6) is 5.88 Å². The predicted molar refractivity (Wildman–Crippen MR) is 96.2 cm³/mol. The number of carbonyl (C=O) groups excluding carboxylic acids is 1. The lowest BCUT2D eigenvalue weighted by Crippen LogP contribution is -2.53. The summed E-state index contributed by atoms with van der Waals surface area (Å²) in [5.41, 5.74) is 0.707. The van der Waals surface area contributed by atoms with Gasteiger partial charge >= 0.3 is 12.3 Å². The first kappa shape index (κ1) is 21.6. The number of aromatic nitrogens is 1. The first-order valence-electron chi connectivity index (χ1n) is 8.84. The summed E-state index contributed by atoms with van der Waals surface area (Å²) >= 11 is 0. The van der Waals surface area contributed by atoms with Gasteiger partial charge in [0, 0.05) is 52.0 Å². The van der Waals surface area contributed by atoms with Crippen LogP contribution in [0.1, 0.15) is 12.5 Å². The molecule has 1 aliphatic rings. The minimum Gasteiger partial charge on any atom is -0.468 e. The Kier molecular flexibility index (Phi) is 7.70. The number of nitrogens with one attached hydrogen (secondary N) is 1. The van der Waals surface area contributed by atoms with Crippen molar-refractivity contribution >= 4 is 12.1 Å². The van der Waals surface area contributed by atoms with E-state index < -0.39 is 12.8 Å². The molecule has 0 radical (unpaired) electrons. The highest BCUT2D eigenvalue weighted by Crippen LogP contribution is 2.17. The molecule has 0 aliphatic carbocycles. The van der Waals surface area contributed by atoms with Gasteiger partial charge in [-0.15, -0.1) is 0 Å². The molecule has 0 atom stereocenters. The lowest BCUT2D eigenvalue weighted by Gasteiger charge is -2.35. The SMILES string of the molecule is CCOC(=O)N1CCN(C(=NC)NCc2ccnc(OCC(F)(F)F)c2)CC1. The number of nitrogens with zero attached hydrogens (tertiary/aromatic N) is 4. The maximum Gasteiger partial charge on any atom is 0.422 e. The van der Waals surface area contributed by atoms with Crippen molar-refractivity contribution in [2.45, 2.75) is 19.6 Å². The standard InChI is InChI=1S/C17H24F3N5O3/c1-3-27-16(26)25-8-6-24(7-9-25)15(21-2)23-11-13-4-5-22-14(10-13)28-12-17(18,19)20/h4-5,10H,3,6-9,11-12H2,1-2H3,(H,21,23).